The van der Waals surface area contributed by atoms with Gasteiger partial charge in [-0.1, -0.05) is 6.92 Å². The first-order valence-corrected chi connectivity index (χ1v) is 4.97. The van der Waals surface area contributed by atoms with Gasteiger partial charge in [0.1, 0.15) is 6.04 Å². The molecule has 1 aliphatic heterocycles. The average molecular weight is 224 g/mol. The molecule has 1 heterocycles. The Morgan fingerprint density at radius 1 is 1.53 bits per heavy atom. The van der Waals surface area contributed by atoms with Gasteiger partial charge < -0.3 is 23.0 Å². The average Bonchev–Trinajstić information content (AvgIpc) is 2.05. The molecule has 0 aliphatic carbocycles. The third-order valence-electron chi connectivity index (χ3n) is 2.70. The second-order valence-corrected chi connectivity index (χ2v) is 4.19. The van der Waals surface area contributed by atoms with Crippen molar-refractivity contribution in [1.82, 2.24) is 4.90 Å². The van der Waals surface area contributed by atoms with Gasteiger partial charge in [-0.2, -0.15) is 0 Å². The highest BCUT2D eigenvalue weighted by Gasteiger charge is 2.36. The van der Waals surface area contributed by atoms with Crippen molar-refractivity contribution in [2.24, 2.45) is 5.92 Å². The minimum Gasteiger partial charge on any atom is -0.480 e. The number of likely N-dealkylation sites (tertiary alicyclic amines) is 1. The van der Waals surface area contributed by atoms with Gasteiger partial charge in [0, 0.05) is 0 Å². The molecular weight excluding hydrogens is 210 g/mol. The fourth-order valence-electron chi connectivity index (χ4n) is 1.93. The van der Waals surface area contributed by atoms with Crippen LogP contribution in [0.25, 0.3) is 0 Å². The van der Waals surface area contributed by atoms with Gasteiger partial charge in [-0.15, -0.1) is 0 Å². The third-order valence-corrected chi connectivity index (χ3v) is 2.70. The van der Waals surface area contributed by atoms with Crippen LogP contribution >= 0.6 is 0 Å². The van der Waals surface area contributed by atoms with Gasteiger partial charge in [-0.05, 0) is 31.7 Å². The summed E-state index contributed by atoms with van der Waals surface area (Å²) in [5.74, 6) is -0.968. The predicted octanol–water partition coefficient (Wildman–Crippen LogP) is 1.56. The molecule has 1 aliphatic rings. The Labute approximate surface area is 86.3 Å². The van der Waals surface area contributed by atoms with Crippen LogP contribution in [0.5, 0.6) is 0 Å². The Hall–Kier alpha value is -0.715. The number of carboxylic acids is 1. The molecule has 1 saturated heterocycles. The zero-order valence-corrected chi connectivity index (χ0v) is 8.50. The number of aliphatic carboxylic acids is 1. The number of nitrogens with zero attached hydrogens (tertiary/aromatic N) is 1. The molecular formula is C8H14BF3NO2-. The van der Waals surface area contributed by atoms with Crippen LogP contribution in [0.3, 0.4) is 0 Å². The van der Waals surface area contributed by atoms with E-state index in [1.165, 1.54) is 0 Å². The normalized spacial score (nSPS) is 29.1. The molecule has 3 nitrogen and oxygen atoms in total. The summed E-state index contributed by atoms with van der Waals surface area (Å²) in [4.78, 5) is 11.8. The number of rotatable bonds is 3. The van der Waals surface area contributed by atoms with E-state index >= 15 is 0 Å². The minimum atomic E-state index is -4.94. The first-order chi connectivity index (χ1) is 6.79. The summed E-state index contributed by atoms with van der Waals surface area (Å²) in [5, 5.41) is 8.82. The predicted molar refractivity (Wildman–Crippen MR) is 50.5 cm³/mol. The van der Waals surface area contributed by atoms with Gasteiger partial charge in [0.25, 0.3) is 0 Å². The van der Waals surface area contributed by atoms with Gasteiger partial charge in [0.15, 0.2) is 0 Å². The van der Waals surface area contributed by atoms with E-state index in [-0.39, 0.29) is 12.5 Å². The molecule has 0 aromatic rings. The highest BCUT2D eigenvalue weighted by atomic mass is 19.4. The number of halogens is 3. The Morgan fingerprint density at radius 2 is 2.13 bits per heavy atom. The Bertz CT molecular complexity index is 247. The van der Waals surface area contributed by atoms with Crippen LogP contribution in [0.2, 0.25) is 0 Å². The van der Waals surface area contributed by atoms with Crippen molar-refractivity contribution in [3.8, 4) is 0 Å². The summed E-state index contributed by atoms with van der Waals surface area (Å²) in [6.07, 6.45) is -0.124. The summed E-state index contributed by atoms with van der Waals surface area (Å²) < 4.78 is 36.6. The quantitative estimate of drug-likeness (QED) is 0.739. The van der Waals surface area contributed by atoms with Crippen LogP contribution in [0.1, 0.15) is 19.8 Å². The molecule has 0 radical (unpaired) electrons. The molecule has 1 rings (SSSR count). The van der Waals surface area contributed by atoms with Crippen LogP contribution in [0, 0.1) is 5.92 Å². The van der Waals surface area contributed by atoms with E-state index in [0.29, 0.717) is 12.8 Å². The third kappa shape index (κ3) is 3.73. The standard InChI is InChI=1S/C8H14BF3NO2/c1-6-2-3-13(5-9(10,11)12)7(4-6)8(14)15/h6-7H,2-5H2,1H3,(H,14,15)/q-1/t6-,7-/m1/s1. The van der Waals surface area contributed by atoms with Crippen molar-refractivity contribution in [2.75, 3.05) is 13.0 Å². The highest BCUT2D eigenvalue weighted by Crippen LogP contribution is 2.24. The summed E-state index contributed by atoms with van der Waals surface area (Å²) in [7, 11) is 0. The second-order valence-electron chi connectivity index (χ2n) is 4.19. The molecule has 1 fully saturated rings. The van der Waals surface area contributed by atoms with Crippen LogP contribution in [-0.4, -0.2) is 42.0 Å². The molecule has 0 saturated carbocycles. The number of carboxylic acid groups (broad SMARTS) is 1. The monoisotopic (exact) mass is 224 g/mol. The number of hydrogen-bond acceptors (Lipinski definition) is 2. The van der Waals surface area contributed by atoms with E-state index in [4.69, 9.17) is 5.11 Å². The Balaban J connectivity index is 2.65. The lowest BCUT2D eigenvalue weighted by Gasteiger charge is -2.38. The van der Waals surface area contributed by atoms with Crippen molar-refractivity contribution in [1.29, 1.82) is 0 Å². The maximum Gasteiger partial charge on any atom is 0.492 e. The molecule has 0 unspecified atom stereocenters. The van der Waals surface area contributed by atoms with E-state index in [1.807, 2.05) is 6.92 Å². The fraction of sp³-hybridized carbons (Fsp3) is 0.875. The molecule has 0 aromatic carbocycles. The van der Waals surface area contributed by atoms with Crippen LogP contribution < -0.4 is 0 Å². The van der Waals surface area contributed by atoms with E-state index in [9.17, 15) is 17.7 Å². The highest BCUT2D eigenvalue weighted by molar-refractivity contribution is 6.58. The summed E-state index contributed by atoms with van der Waals surface area (Å²) in [6.45, 7) is -2.85. The van der Waals surface area contributed by atoms with E-state index in [2.05, 4.69) is 0 Å². The van der Waals surface area contributed by atoms with Gasteiger partial charge in [-0.3, -0.25) is 4.79 Å². The lowest BCUT2D eigenvalue weighted by Crippen LogP contribution is -2.51. The van der Waals surface area contributed by atoms with Crippen LogP contribution in [-0.2, 0) is 4.79 Å². The maximum absolute atomic E-state index is 12.2. The second kappa shape index (κ2) is 4.43. The van der Waals surface area contributed by atoms with Gasteiger partial charge in [0.05, 0.1) is 0 Å². The van der Waals surface area contributed by atoms with Crippen molar-refractivity contribution < 1.29 is 22.8 Å². The Morgan fingerprint density at radius 3 is 2.60 bits per heavy atom. The Kier molecular flexibility index (Phi) is 3.65. The first-order valence-electron chi connectivity index (χ1n) is 4.97. The zero-order chi connectivity index (χ0) is 11.6. The van der Waals surface area contributed by atoms with Crippen molar-refractivity contribution in [2.45, 2.75) is 25.8 Å². The lowest BCUT2D eigenvalue weighted by molar-refractivity contribution is -0.145. The van der Waals surface area contributed by atoms with Gasteiger partial charge in [-0.25, -0.2) is 0 Å². The maximum atomic E-state index is 12.2. The lowest BCUT2D eigenvalue weighted by atomic mass is 9.85. The van der Waals surface area contributed by atoms with Crippen molar-refractivity contribution >= 4 is 12.9 Å². The molecule has 88 valence electrons. The van der Waals surface area contributed by atoms with Crippen LogP contribution in [0.4, 0.5) is 12.9 Å². The molecule has 0 bridgehead atoms. The van der Waals surface area contributed by atoms with E-state index < -0.39 is 25.4 Å². The fourth-order valence-corrected chi connectivity index (χ4v) is 1.93. The van der Waals surface area contributed by atoms with Crippen LogP contribution in [0.15, 0.2) is 0 Å². The van der Waals surface area contributed by atoms with E-state index in [1.54, 1.807) is 0 Å². The van der Waals surface area contributed by atoms with Gasteiger partial charge in [0.2, 0.25) is 0 Å². The van der Waals surface area contributed by atoms with Crippen molar-refractivity contribution in [3.05, 3.63) is 0 Å². The molecule has 7 heteroatoms. The largest absolute Gasteiger partial charge is 0.492 e. The van der Waals surface area contributed by atoms with Crippen molar-refractivity contribution in [3.63, 3.8) is 0 Å². The smallest absolute Gasteiger partial charge is 0.480 e. The zero-order valence-electron chi connectivity index (χ0n) is 8.50. The summed E-state index contributed by atoms with van der Waals surface area (Å²) in [5.41, 5.74) is 0. The van der Waals surface area contributed by atoms with Gasteiger partial charge >= 0.3 is 12.9 Å². The molecule has 0 aromatic heterocycles. The molecule has 2 atom stereocenters. The van der Waals surface area contributed by atoms with E-state index in [0.717, 1.165) is 4.90 Å². The number of piperidine rings is 1. The molecule has 15 heavy (non-hydrogen) atoms. The summed E-state index contributed by atoms with van der Waals surface area (Å²) in [6, 6.07) is -0.975. The molecule has 0 spiro atoms. The summed E-state index contributed by atoms with van der Waals surface area (Å²) >= 11 is 0. The number of hydrogen-bond donors (Lipinski definition) is 1. The molecule has 1 N–H and O–H groups in total. The minimum absolute atomic E-state index is 0.183. The first kappa shape index (κ1) is 12.4. The SMILES string of the molecule is C[C@@H]1CCN(C[B-](F)(F)F)[C@@H](C(=O)O)C1. The molecule has 0 amide bonds. The topological polar surface area (TPSA) is 40.5 Å². The number of carbonyl (C=O) groups is 1.